The highest BCUT2D eigenvalue weighted by atomic mass is 19.4. The maximum absolute atomic E-state index is 13.4. The van der Waals surface area contributed by atoms with Crippen molar-refractivity contribution in [1.29, 1.82) is 0 Å². The first-order valence-corrected chi connectivity index (χ1v) is 10.0. The van der Waals surface area contributed by atoms with E-state index in [0.29, 0.717) is 17.0 Å². The van der Waals surface area contributed by atoms with E-state index >= 15 is 0 Å². The normalized spacial score (nSPS) is 20.1. The highest BCUT2D eigenvalue weighted by Crippen LogP contribution is 2.43. The maximum atomic E-state index is 13.4. The lowest BCUT2D eigenvalue weighted by Crippen LogP contribution is -2.36. The number of amides is 1. The number of β-amino-alcohol motifs (C(OH)–C–C–N with tert-alkyl or cyclic N) is 1. The van der Waals surface area contributed by atoms with Crippen molar-refractivity contribution in [2.24, 2.45) is 5.92 Å². The predicted molar refractivity (Wildman–Crippen MR) is 107 cm³/mol. The van der Waals surface area contributed by atoms with Crippen LogP contribution >= 0.6 is 0 Å². The lowest BCUT2D eigenvalue weighted by molar-refractivity contribution is -0.143. The highest BCUT2D eigenvalue weighted by Gasteiger charge is 2.52. The summed E-state index contributed by atoms with van der Waals surface area (Å²) in [5, 5.41) is 9.77. The molecule has 0 saturated carbocycles. The summed E-state index contributed by atoms with van der Waals surface area (Å²) < 4.78 is 80.5. The zero-order valence-corrected chi connectivity index (χ0v) is 17.9. The molecule has 2 aromatic rings. The fourth-order valence-corrected chi connectivity index (χ4v) is 3.89. The van der Waals surface area contributed by atoms with Crippen LogP contribution in [0.2, 0.25) is 0 Å². The molecule has 0 aromatic heterocycles. The van der Waals surface area contributed by atoms with Crippen LogP contribution in [-0.4, -0.2) is 40.1 Å². The quantitative estimate of drug-likeness (QED) is 0.294. The van der Waals surface area contributed by atoms with Crippen molar-refractivity contribution in [3.05, 3.63) is 70.3 Å². The molecular formula is C23H19F6NO4. The molecule has 34 heavy (non-hydrogen) atoms. The predicted octanol–water partition coefficient (Wildman–Crippen LogP) is 4.36. The van der Waals surface area contributed by atoms with Gasteiger partial charge >= 0.3 is 12.4 Å². The Bertz CT molecular complexity index is 1090. The third-order valence-electron chi connectivity index (χ3n) is 5.44. The van der Waals surface area contributed by atoms with Crippen LogP contribution in [-0.2, 0) is 21.9 Å². The van der Waals surface area contributed by atoms with E-state index in [9.17, 15) is 45.8 Å². The number of aliphatic hydroxyl groups is 1. The number of hydrogen-bond donors (Lipinski definition) is 1. The molecule has 3 rings (SSSR count). The van der Waals surface area contributed by atoms with E-state index in [4.69, 9.17) is 0 Å². The molecule has 3 atom stereocenters. The standard InChI is InChI=1S/C23H19F6NO4/c1-11-3-5-13(6-4-11)19(32)17-18(30(10-12(2)31)21(34)20(17)33)14-7-15(22(24,25)26)9-16(8-14)23(27,28)29/h3-9,12,17-18,31H,10H2,1-2H3. The number of aliphatic hydroxyl groups excluding tert-OH is 1. The topological polar surface area (TPSA) is 74.7 Å². The van der Waals surface area contributed by atoms with E-state index < -0.39 is 71.1 Å². The van der Waals surface area contributed by atoms with Crippen molar-refractivity contribution >= 4 is 17.5 Å². The van der Waals surface area contributed by atoms with Gasteiger partial charge in [0.25, 0.3) is 5.91 Å². The number of hydrogen-bond acceptors (Lipinski definition) is 4. The van der Waals surface area contributed by atoms with Gasteiger partial charge in [0.1, 0.15) is 5.92 Å². The van der Waals surface area contributed by atoms with Crippen LogP contribution in [0.1, 0.15) is 45.6 Å². The summed E-state index contributed by atoms with van der Waals surface area (Å²) in [6.45, 7) is 2.36. The van der Waals surface area contributed by atoms with Gasteiger partial charge in [-0.3, -0.25) is 14.4 Å². The van der Waals surface area contributed by atoms with Crippen molar-refractivity contribution in [2.75, 3.05) is 6.54 Å². The summed E-state index contributed by atoms with van der Waals surface area (Å²) in [4.78, 5) is 39.3. The summed E-state index contributed by atoms with van der Waals surface area (Å²) >= 11 is 0. The Labute approximate surface area is 190 Å². The average molecular weight is 487 g/mol. The van der Waals surface area contributed by atoms with Gasteiger partial charge in [-0.2, -0.15) is 26.3 Å². The molecule has 1 N–H and O–H groups in total. The van der Waals surface area contributed by atoms with Gasteiger partial charge in [-0.1, -0.05) is 29.8 Å². The molecule has 0 aliphatic carbocycles. The van der Waals surface area contributed by atoms with Crippen LogP contribution in [0.3, 0.4) is 0 Å². The molecule has 3 unspecified atom stereocenters. The lowest BCUT2D eigenvalue weighted by Gasteiger charge is -2.29. The number of alkyl halides is 6. The Hall–Kier alpha value is -3.21. The van der Waals surface area contributed by atoms with Gasteiger partial charge < -0.3 is 10.0 Å². The van der Waals surface area contributed by atoms with Crippen LogP contribution in [0, 0.1) is 12.8 Å². The van der Waals surface area contributed by atoms with Crippen molar-refractivity contribution < 1.29 is 45.8 Å². The SMILES string of the molecule is Cc1ccc(C(=O)C2C(=O)C(=O)N(CC(C)O)C2c2cc(C(F)(F)F)cc(C(F)(F)F)c2)cc1. The Balaban J connectivity index is 2.24. The van der Waals surface area contributed by atoms with Crippen molar-refractivity contribution in [1.82, 2.24) is 4.90 Å². The van der Waals surface area contributed by atoms with E-state index in [0.717, 1.165) is 5.56 Å². The Kier molecular flexibility index (Phi) is 6.62. The minimum Gasteiger partial charge on any atom is -0.392 e. The molecular weight excluding hydrogens is 468 g/mol. The number of Topliss-reactive ketones (excluding diaryl/α,β-unsaturated/α-hetero) is 2. The van der Waals surface area contributed by atoms with Gasteiger partial charge in [0.05, 0.1) is 23.3 Å². The van der Waals surface area contributed by atoms with Crippen molar-refractivity contribution in [2.45, 2.75) is 38.3 Å². The molecule has 1 saturated heterocycles. The van der Waals surface area contributed by atoms with Gasteiger partial charge in [-0.25, -0.2) is 0 Å². The minimum absolute atomic E-state index is 0.0383. The van der Waals surface area contributed by atoms with Gasteiger partial charge in [0, 0.05) is 12.1 Å². The second-order valence-electron chi connectivity index (χ2n) is 8.16. The van der Waals surface area contributed by atoms with Crippen LogP contribution < -0.4 is 0 Å². The molecule has 1 fully saturated rings. The van der Waals surface area contributed by atoms with E-state index in [1.807, 2.05) is 0 Å². The number of halogens is 6. The molecule has 0 spiro atoms. The second kappa shape index (κ2) is 8.86. The average Bonchev–Trinajstić information content (AvgIpc) is 2.96. The number of carbonyl (C=O) groups is 3. The van der Waals surface area contributed by atoms with Crippen LogP contribution in [0.15, 0.2) is 42.5 Å². The molecule has 1 amide bonds. The molecule has 5 nitrogen and oxygen atoms in total. The molecule has 1 aliphatic rings. The molecule has 1 aliphatic heterocycles. The van der Waals surface area contributed by atoms with Crippen molar-refractivity contribution in [3.63, 3.8) is 0 Å². The zero-order chi connectivity index (χ0) is 25.6. The third-order valence-corrected chi connectivity index (χ3v) is 5.44. The number of aryl methyl sites for hydroxylation is 1. The van der Waals surface area contributed by atoms with Crippen LogP contribution in [0.4, 0.5) is 26.3 Å². The lowest BCUT2D eigenvalue weighted by atomic mass is 9.85. The number of carbonyl (C=O) groups excluding carboxylic acids is 3. The summed E-state index contributed by atoms with van der Waals surface area (Å²) in [5.74, 6) is -5.37. The third kappa shape index (κ3) is 4.98. The first-order valence-electron chi connectivity index (χ1n) is 10.0. The summed E-state index contributed by atoms with van der Waals surface area (Å²) in [6.07, 6.45) is -11.6. The monoisotopic (exact) mass is 487 g/mol. The molecule has 11 heteroatoms. The number of nitrogens with zero attached hydrogens (tertiary/aromatic N) is 1. The van der Waals surface area contributed by atoms with E-state index in [1.165, 1.54) is 31.2 Å². The smallest absolute Gasteiger partial charge is 0.392 e. The van der Waals surface area contributed by atoms with E-state index in [2.05, 4.69) is 0 Å². The number of benzene rings is 2. The Morgan fingerprint density at radius 2 is 1.47 bits per heavy atom. The minimum atomic E-state index is -5.17. The fraction of sp³-hybridized carbons (Fsp3) is 0.348. The van der Waals surface area contributed by atoms with E-state index in [-0.39, 0.29) is 11.6 Å². The van der Waals surface area contributed by atoms with Crippen molar-refractivity contribution in [3.8, 4) is 0 Å². The summed E-state index contributed by atoms with van der Waals surface area (Å²) in [7, 11) is 0. The first-order chi connectivity index (χ1) is 15.6. The van der Waals surface area contributed by atoms with Crippen LogP contribution in [0.5, 0.6) is 0 Å². The van der Waals surface area contributed by atoms with Gasteiger partial charge in [-0.05, 0) is 37.6 Å². The zero-order valence-electron chi connectivity index (χ0n) is 17.9. The molecule has 0 bridgehead atoms. The number of ketones is 2. The maximum Gasteiger partial charge on any atom is 0.416 e. The largest absolute Gasteiger partial charge is 0.416 e. The molecule has 182 valence electrons. The van der Waals surface area contributed by atoms with Gasteiger partial charge in [0.2, 0.25) is 5.78 Å². The molecule has 0 radical (unpaired) electrons. The second-order valence-corrected chi connectivity index (χ2v) is 8.16. The van der Waals surface area contributed by atoms with Gasteiger partial charge in [0.15, 0.2) is 5.78 Å². The summed E-state index contributed by atoms with van der Waals surface area (Å²) in [6, 6.07) is 4.66. The fourth-order valence-electron chi connectivity index (χ4n) is 3.89. The van der Waals surface area contributed by atoms with Crippen LogP contribution in [0.25, 0.3) is 0 Å². The number of rotatable bonds is 5. The first kappa shape index (κ1) is 25.4. The number of likely N-dealkylation sites (tertiary alicyclic amines) is 1. The molecule has 2 aromatic carbocycles. The summed E-state index contributed by atoms with van der Waals surface area (Å²) in [5.41, 5.74) is -3.27. The Morgan fingerprint density at radius 3 is 1.91 bits per heavy atom. The van der Waals surface area contributed by atoms with E-state index in [1.54, 1.807) is 6.92 Å². The Morgan fingerprint density at radius 1 is 0.971 bits per heavy atom. The molecule has 1 heterocycles. The highest BCUT2D eigenvalue weighted by molar-refractivity contribution is 6.44. The van der Waals surface area contributed by atoms with Gasteiger partial charge in [-0.15, -0.1) is 0 Å².